The topological polar surface area (TPSA) is 58.6 Å². The molecule has 5 nitrogen and oxygen atoms in total. The summed E-state index contributed by atoms with van der Waals surface area (Å²) >= 11 is 0. The van der Waals surface area contributed by atoms with Crippen LogP contribution in [-0.4, -0.2) is 30.9 Å². The Hall–Kier alpha value is -2.09. The normalized spacial score (nSPS) is 22.1. The lowest BCUT2D eigenvalue weighted by molar-refractivity contribution is -0.146. The molecule has 1 heterocycles. The van der Waals surface area contributed by atoms with Gasteiger partial charge in [-0.3, -0.25) is 14.4 Å². The third-order valence-electron chi connectivity index (χ3n) is 3.98. The molecule has 1 fully saturated rings. The van der Waals surface area contributed by atoms with Crippen LogP contribution in [-0.2, 0) is 20.6 Å². The van der Waals surface area contributed by atoms with Gasteiger partial charge in [0.2, 0.25) is 11.8 Å². The Bertz CT molecular complexity index is 587. The molecule has 0 radical (unpaired) electrons. The van der Waals surface area contributed by atoms with Crippen LogP contribution in [0.3, 0.4) is 0 Å². The molecule has 0 aromatic heterocycles. The van der Waals surface area contributed by atoms with E-state index in [2.05, 4.69) is 10.3 Å². The number of likely N-dealkylation sites (tertiary alicyclic amines) is 1. The van der Waals surface area contributed by atoms with Gasteiger partial charge in [-0.2, -0.15) is 13.2 Å². The van der Waals surface area contributed by atoms with Crippen molar-refractivity contribution in [3.05, 3.63) is 35.4 Å². The lowest BCUT2D eigenvalue weighted by atomic mass is 9.84. The molecule has 0 bridgehead atoms. The van der Waals surface area contributed by atoms with Crippen LogP contribution in [0.25, 0.3) is 0 Å². The minimum Gasteiger partial charge on any atom is -0.338 e. The van der Waals surface area contributed by atoms with Gasteiger partial charge in [0.1, 0.15) is 0 Å². The molecule has 1 aliphatic rings. The molecule has 1 aromatic rings. The number of hydrogen-bond acceptors (Lipinski definition) is 3. The van der Waals surface area contributed by atoms with Crippen LogP contribution in [0.2, 0.25) is 0 Å². The van der Waals surface area contributed by atoms with E-state index < -0.39 is 29.6 Å². The number of nitrogens with zero attached hydrogens (tertiary/aromatic N) is 1. The van der Waals surface area contributed by atoms with Gasteiger partial charge in [0.05, 0.1) is 24.6 Å². The Labute approximate surface area is 131 Å². The quantitative estimate of drug-likeness (QED) is 0.865. The third-order valence-corrected chi connectivity index (χ3v) is 3.98. The number of rotatable bonds is 3. The second-order valence-electron chi connectivity index (χ2n) is 5.38. The number of nitrogens with one attached hydrogen (secondary N) is 1. The van der Waals surface area contributed by atoms with E-state index in [9.17, 15) is 22.8 Å². The molecule has 2 amide bonds. The van der Waals surface area contributed by atoms with E-state index >= 15 is 0 Å². The second kappa shape index (κ2) is 6.57. The highest BCUT2D eigenvalue weighted by molar-refractivity contribution is 5.84. The van der Waals surface area contributed by atoms with Crippen molar-refractivity contribution in [2.45, 2.75) is 25.1 Å². The highest BCUT2D eigenvalue weighted by atomic mass is 19.4. The fourth-order valence-electron chi connectivity index (χ4n) is 2.81. The van der Waals surface area contributed by atoms with Crippen molar-refractivity contribution in [1.29, 1.82) is 0 Å². The summed E-state index contributed by atoms with van der Waals surface area (Å²) in [7, 11) is 2.83. The van der Waals surface area contributed by atoms with E-state index in [4.69, 9.17) is 0 Å². The monoisotopic (exact) mass is 330 g/mol. The number of carbonyl (C=O) groups is 2. The molecule has 1 aromatic carbocycles. The number of piperidine rings is 1. The van der Waals surface area contributed by atoms with Crippen LogP contribution in [0, 0.1) is 5.92 Å². The van der Waals surface area contributed by atoms with Gasteiger partial charge >= 0.3 is 6.18 Å². The van der Waals surface area contributed by atoms with Gasteiger partial charge in [0, 0.05) is 13.5 Å². The molecule has 1 saturated heterocycles. The minimum absolute atomic E-state index is 0.156. The van der Waals surface area contributed by atoms with Crippen molar-refractivity contribution >= 4 is 11.8 Å². The molecular weight excluding hydrogens is 313 g/mol. The molecule has 2 rings (SSSR count). The number of alkyl halides is 3. The predicted octanol–water partition coefficient (Wildman–Crippen LogP) is 2.29. The Morgan fingerprint density at radius 1 is 1.30 bits per heavy atom. The Kier molecular flexibility index (Phi) is 4.93. The van der Waals surface area contributed by atoms with E-state index in [1.165, 1.54) is 31.2 Å². The van der Waals surface area contributed by atoms with Crippen LogP contribution in [0.5, 0.6) is 0 Å². The largest absolute Gasteiger partial charge is 0.416 e. The molecule has 1 aliphatic heterocycles. The number of carbonyl (C=O) groups excluding carboxylic acids is 2. The summed E-state index contributed by atoms with van der Waals surface area (Å²) in [6.07, 6.45) is -3.92. The van der Waals surface area contributed by atoms with Gasteiger partial charge < -0.3 is 4.90 Å². The zero-order valence-electron chi connectivity index (χ0n) is 12.7. The van der Waals surface area contributed by atoms with Crippen molar-refractivity contribution in [2.24, 2.45) is 5.92 Å². The van der Waals surface area contributed by atoms with Gasteiger partial charge in [-0.05, 0) is 24.1 Å². The highest BCUT2D eigenvalue weighted by Crippen LogP contribution is 2.37. The summed E-state index contributed by atoms with van der Waals surface area (Å²) in [6, 6.07) is 3.88. The van der Waals surface area contributed by atoms with Crippen molar-refractivity contribution in [3.63, 3.8) is 0 Å². The summed E-state index contributed by atoms with van der Waals surface area (Å²) < 4.78 is 38.0. The van der Waals surface area contributed by atoms with E-state index in [1.54, 1.807) is 0 Å². The fourth-order valence-corrected chi connectivity index (χ4v) is 2.81. The molecule has 0 aliphatic carbocycles. The van der Waals surface area contributed by atoms with Crippen LogP contribution in [0.15, 0.2) is 24.3 Å². The maximum absolute atomic E-state index is 12.7. The van der Waals surface area contributed by atoms with Gasteiger partial charge in [0.25, 0.3) is 0 Å². The summed E-state index contributed by atoms with van der Waals surface area (Å²) in [6.45, 7) is 0. The van der Waals surface area contributed by atoms with E-state index in [0.29, 0.717) is 12.0 Å². The smallest absolute Gasteiger partial charge is 0.338 e. The molecule has 126 valence electrons. The average molecular weight is 330 g/mol. The molecule has 0 saturated carbocycles. The number of hydroxylamine groups is 1. The van der Waals surface area contributed by atoms with Crippen LogP contribution >= 0.6 is 0 Å². The van der Waals surface area contributed by atoms with Crippen LogP contribution in [0.4, 0.5) is 13.2 Å². The van der Waals surface area contributed by atoms with Crippen molar-refractivity contribution in [3.8, 4) is 0 Å². The first-order chi connectivity index (χ1) is 10.8. The Morgan fingerprint density at radius 2 is 1.91 bits per heavy atom. The Balaban J connectivity index is 2.34. The van der Waals surface area contributed by atoms with Gasteiger partial charge in [-0.1, -0.05) is 12.1 Å². The number of halogens is 3. The van der Waals surface area contributed by atoms with Gasteiger partial charge in [-0.25, -0.2) is 5.48 Å². The molecule has 2 atom stereocenters. The lowest BCUT2D eigenvalue weighted by Gasteiger charge is -2.38. The fraction of sp³-hybridized carbons (Fsp3) is 0.467. The number of benzene rings is 1. The summed E-state index contributed by atoms with van der Waals surface area (Å²) in [4.78, 5) is 30.0. The molecule has 1 N–H and O–H groups in total. The highest BCUT2D eigenvalue weighted by Gasteiger charge is 2.39. The molecular formula is C15H17F3N2O3. The predicted molar refractivity (Wildman–Crippen MR) is 74.8 cm³/mol. The summed E-state index contributed by atoms with van der Waals surface area (Å²) in [5, 5.41) is 0. The summed E-state index contributed by atoms with van der Waals surface area (Å²) in [5.41, 5.74) is 1.93. The zero-order valence-corrected chi connectivity index (χ0v) is 12.7. The first-order valence-electron chi connectivity index (χ1n) is 7.01. The lowest BCUT2D eigenvalue weighted by Crippen LogP contribution is -2.46. The number of amides is 2. The molecule has 0 spiro atoms. The van der Waals surface area contributed by atoms with Crippen molar-refractivity contribution in [1.82, 2.24) is 10.4 Å². The summed E-state index contributed by atoms with van der Waals surface area (Å²) in [5.74, 6) is -1.15. The van der Waals surface area contributed by atoms with E-state index in [1.807, 2.05) is 0 Å². The van der Waals surface area contributed by atoms with Crippen molar-refractivity contribution in [2.75, 3.05) is 14.2 Å². The number of hydrogen-bond donors (Lipinski definition) is 1. The minimum atomic E-state index is -4.43. The maximum atomic E-state index is 12.7. The third kappa shape index (κ3) is 3.64. The second-order valence-corrected chi connectivity index (χ2v) is 5.38. The first-order valence-corrected chi connectivity index (χ1v) is 7.01. The average Bonchev–Trinajstić information content (AvgIpc) is 2.49. The molecule has 8 heteroatoms. The zero-order chi connectivity index (χ0) is 17.2. The van der Waals surface area contributed by atoms with E-state index in [-0.39, 0.29) is 12.3 Å². The molecule has 23 heavy (non-hydrogen) atoms. The maximum Gasteiger partial charge on any atom is 0.416 e. The van der Waals surface area contributed by atoms with Crippen LogP contribution in [0.1, 0.15) is 30.0 Å². The van der Waals surface area contributed by atoms with Crippen molar-refractivity contribution < 1.29 is 27.6 Å². The Morgan fingerprint density at radius 3 is 2.43 bits per heavy atom. The van der Waals surface area contributed by atoms with E-state index in [0.717, 1.165) is 12.1 Å². The van der Waals surface area contributed by atoms with Gasteiger partial charge in [0.15, 0.2) is 0 Å². The first kappa shape index (κ1) is 17.3. The SMILES string of the molecule is CONC(=O)[C@H]1CCC(=O)N(C)[C@@H]1c1ccc(C(F)(F)F)cc1. The van der Waals surface area contributed by atoms with Crippen LogP contribution < -0.4 is 5.48 Å². The standard InChI is InChI=1S/C15H17F3N2O3/c1-20-12(21)8-7-11(14(22)19-23-2)13(20)9-3-5-10(6-4-9)15(16,17)18/h3-6,11,13H,7-8H2,1-2H3,(H,19,22)/t11-,13+/m0/s1. The van der Waals surface area contributed by atoms with Gasteiger partial charge in [-0.15, -0.1) is 0 Å². The molecule has 0 unspecified atom stereocenters.